The predicted octanol–water partition coefficient (Wildman–Crippen LogP) is 0.745. The van der Waals surface area contributed by atoms with Gasteiger partial charge in [-0.1, -0.05) is 0 Å². The van der Waals surface area contributed by atoms with Crippen LogP contribution in [0.4, 0.5) is 5.82 Å². The average molecular weight is 266 g/mol. The van der Waals surface area contributed by atoms with E-state index in [1.54, 1.807) is 0 Å². The first-order chi connectivity index (χ1) is 9.13. The van der Waals surface area contributed by atoms with Crippen molar-refractivity contribution in [1.29, 1.82) is 0 Å². The van der Waals surface area contributed by atoms with Crippen LogP contribution in [0.15, 0.2) is 11.1 Å². The molecule has 106 valence electrons. The Hall–Kier alpha value is -1.56. The van der Waals surface area contributed by atoms with Gasteiger partial charge >= 0.3 is 0 Å². The molecule has 0 bridgehead atoms. The minimum Gasteiger partial charge on any atom is -0.489 e. The van der Waals surface area contributed by atoms with Crippen LogP contribution in [-0.2, 0) is 0 Å². The summed E-state index contributed by atoms with van der Waals surface area (Å²) in [6.07, 6.45) is 3.79. The van der Waals surface area contributed by atoms with Crippen LogP contribution in [0.3, 0.4) is 0 Å². The number of methoxy groups -OCH3 is 1. The van der Waals surface area contributed by atoms with Crippen molar-refractivity contribution in [3.05, 3.63) is 16.7 Å². The van der Waals surface area contributed by atoms with Gasteiger partial charge in [-0.05, 0) is 33.2 Å². The number of hydrogen-bond acceptors (Lipinski definition) is 5. The van der Waals surface area contributed by atoms with E-state index in [0.29, 0.717) is 11.9 Å². The SMILES string of the molecule is COc1c(N(CC2CCCN2)C(C)C)nc[nH]c1=O. The molecule has 0 spiro atoms. The minimum absolute atomic E-state index is 0.238. The van der Waals surface area contributed by atoms with Crippen molar-refractivity contribution < 1.29 is 4.74 Å². The van der Waals surface area contributed by atoms with E-state index in [-0.39, 0.29) is 17.4 Å². The number of aromatic amines is 1. The third-order valence-corrected chi connectivity index (χ3v) is 3.47. The molecule has 19 heavy (non-hydrogen) atoms. The van der Waals surface area contributed by atoms with Crippen molar-refractivity contribution in [2.75, 3.05) is 25.1 Å². The maximum atomic E-state index is 11.8. The van der Waals surface area contributed by atoms with Crippen molar-refractivity contribution in [3.8, 4) is 5.75 Å². The highest BCUT2D eigenvalue weighted by atomic mass is 16.5. The molecule has 2 rings (SSSR count). The molecule has 2 heterocycles. The van der Waals surface area contributed by atoms with Crippen LogP contribution in [0.5, 0.6) is 5.75 Å². The minimum atomic E-state index is -0.238. The highest BCUT2D eigenvalue weighted by Crippen LogP contribution is 2.23. The summed E-state index contributed by atoms with van der Waals surface area (Å²) in [6.45, 7) is 6.09. The quantitative estimate of drug-likeness (QED) is 0.823. The van der Waals surface area contributed by atoms with Crippen LogP contribution in [0.2, 0.25) is 0 Å². The molecular weight excluding hydrogens is 244 g/mol. The van der Waals surface area contributed by atoms with E-state index in [1.807, 2.05) is 0 Å². The van der Waals surface area contributed by atoms with Gasteiger partial charge in [-0.2, -0.15) is 0 Å². The van der Waals surface area contributed by atoms with Gasteiger partial charge in [0.1, 0.15) is 0 Å². The zero-order valence-corrected chi connectivity index (χ0v) is 11.8. The lowest BCUT2D eigenvalue weighted by atomic mass is 10.2. The van der Waals surface area contributed by atoms with Gasteiger partial charge in [-0.25, -0.2) is 4.98 Å². The first-order valence-corrected chi connectivity index (χ1v) is 6.75. The van der Waals surface area contributed by atoms with Crippen LogP contribution >= 0.6 is 0 Å². The number of hydrogen-bond donors (Lipinski definition) is 2. The monoisotopic (exact) mass is 266 g/mol. The summed E-state index contributed by atoms with van der Waals surface area (Å²) >= 11 is 0. The van der Waals surface area contributed by atoms with E-state index in [2.05, 4.69) is 34.0 Å². The number of aromatic nitrogens is 2. The molecule has 1 aromatic rings. The summed E-state index contributed by atoms with van der Waals surface area (Å²) in [5.74, 6) is 0.907. The van der Waals surface area contributed by atoms with Gasteiger partial charge in [0, 0.05) is 18.6 Å². The zero-order valence-electron chi connectivity index (χ0n) is 11.8. The lowest BCUT2D eigenvalue weighted by molar-refractivity contribution is 0.402. The van der Waals surface area contributed by atoms with Gasteiger partial charge in [-0.15, -0.1) is 0 Å². The largest absolute Gasteiger partial charge is 0.489 e. The molecule has 1 aliphatic rings. The molecule has 0 amide bonds. The van der Waals surface area contributed by atoms with Crippen LogP contribution in [0.1, 0.15) is 26.7 Å². The van der Waals surface area contributed by atoms with Gasteiger partial charge < -0.3 is 19.9 Å². The number of nitrogens with zero attached hydrogens (tertiary/aromatic N) is 2. The Morgan fingerprint density at radius 1 is 1.58 bits per heavy atom. The Bertz CT molecular complexity index is 466. The molecule has 1 aromatic heterocycles. The molecule has 1 aliphatic heterocycles. The third kappa shape index (κ3) is 3.07. The van der Waals surface area contributed by atoms with E-state index in [4.69, 9.17) is 4.74 Å². The van der Waals surface area contributed by atoms with E-state index in [1.165, 1.54) is 19.9 Å². The predicted molar refractivity (Wildman–Crippen MR) is 74.9 cm³/mol. The maximum Gasteiger partial charge on any atom is 0.295 e. The van der Waals surface area contributed by atoms with Crippen LogP contribution in [-0.4, -0.2) is 42.3 Å². The topological polar surface area (TPSA) is 70.2 Å². The van der Waals surface area contributed by atoms with Gasteiger partial charge in [0.15, 0.2) is 5.82 Å². The summed E-state index contributed by atoms with van der Waals surface area (Å²) in [4.78, 5) is 20.7. The van der Waals surface area contributed by atoms with Crippen LogP contribution in [0, 0.1) is 0 Å². The smallest absolute Gasteiger partial charge is 0.295 e. The lowest BCUT2D eigenvalue weighted by Gasteiger charge is -2.31. The van der Waals surface area contributed by atoms with Gasteiger partial charge in [0.25, 0.3) is 5.56 Å². The maximum absolute atomic E-state index is 11.8. The molecule has 6 nitrogen and oxygen atoms in total. The van der Waals surface area contributed by atoms with Gasteiger partial charge in [-0.3, -0.25) is 4.79 Å². The number of nitrogens with one attached hydrogen (secondary N) is 2. The van der Waals surface area contributed by atoms with Crippen molar-refractivity contribution in [3.63, 3.8) is 0 Å². The normalized spacial score (nSPS) is 18.8. The van der Waals surface area contributed by atoms with Crippen LogP contribution in [0.25, 0.3) is 0 Å². The molecular formula is C13H22N4O2. The number of anilines is 1. The molecule has 2 N–H and O–H groups in total. The average Bonchev–Trinajstić information content (AvgIpc) is 2.88. The fourth-order valence-corrected chi connectivity index (χ4v) is 2.46. The number of H-pyrrole nitrogens is 1. The van der Waals surface area contributed by atoms with E-state index >= 15 is 0 Å². The summed E-state index contributed by atoms with van der Waals surface area (Å²) in [5, 5.41) is 3.47. The first-order valence-electron chi connectivity index (χ1n) is 6.75. The second-order valence-electron chi connectivity index (χ2n) is 5.13. The Morgan fingerprint density at radius 2 is 2.37 bits per heavy atom. The molecule has 0 radical (unpaired) electrons. The van der Waals surface area contributed by atoms with Gasteiger partial charge in [0.2, 0.25) is 5.75 Å². The van der Waals surface area contributed by atoms with E-state index in [0.717, 1.165) is 19.5 Å². The summed E-state index contributed by atoms with van der Waals surface area (Å²) < 4.78 is 5.20. The fraction of sp³-hybridized carbons (Fsp3) is 0.692. The van der Waals surface area contributed by atoms with Crippen LogP contribution < -0.4 is 20.5 Å². The molecule has 0 aromatic carbocycles. The first kappa shape index (κ1) is 13.9. The third-order valence-electron chi connectivity index (χ3n) is 3.47. The number of ether oxygens (including phenoxy) is 1. The standard InChI is InChI=1S/C13H22N4O2/c1-9(2)17(7-10-5-4-6-14-10)12-11(19-3)13(18)16-8-15-12/h8-10,14H,4-7H2,1-3H3,(H,15,16,18). The van der Waals surface area contributed by atoms with Gasteiger partial charge in [0.05, 0.1) is 13.4 Å². The van der Waals surface area contributed by atoms with Crippen molar-refractivity contribution >= 4 is 5.82 Å². The Balaban J connectivity index is 2.27. The summed E-state index contributed by atoms with van der Waals surface area (Å²) in [7, 11) is 1.50. The molecule has 1 saturated heterocycles. The van der Waals surface area contributed by atoms with Crippen molar-refractivity contribution in [1.82, 2.24) is 15.3 Å². The van der Waals surface area contributed by atoms with E-state index < -0.39 is 0 Å². The Kier molecular flexibility index (Phi) is 4.42. The second kappa shape index (κ2) is 6.06. The Morgan fingerprint density at radius 3 is 2.95 bits per heavy atom. The van der Waals surface area contributed by atoms with E-state index in [9.17, 15) is 4.79 Å². The number of rotatable bonds is 5. The highest BCUT2D eigenvalue weighted by Gasteiger charge is 2.24. The molecule has 6 heteroatoms. The van der Waals surface area contributed by atoms with Crippen molar-refractivity contribution in [2.24, 2.45) is 0 Å². The summed E-state index contributed by atoms with van der Waals surface area (Å²) in [5.41, 5.74) is -0.238. The highest BCUT2D eigenvalue weighted by molar-refractivity contribution is 5.51. The van der Waals surface area contributed by atoms with Crippen molar-refractivity contribution in [2.45, 2.75) is 38.8 Å². The summed E-state index contributed by atoms with van der Waals surface area (Å²) in [6, 6.07) is 0.707. The lowest BCUT2D eigenvalue weighted by Crippen LogP contribution is -2.42. The molecule has 1 atom stereocenters. The molecule has 1 unspecified atom stereocenters. The molecule has 1 fully saturated rings. The fourth-order valence-electron chi connectivity index (χ4n) is 2.46. The second-order valence-corrected chi connectivity index (χ2v) is 5.13. The Labute approximate surface area is 113 Å². The molecule has 0 saturated carbocycles. The zero-order chi connectivity index (χ0) is 13.8. The molecule has 0 aliphatic carbocycles.